The summed E-state index contributed by atoms with van der Waals surface area (Å²) in [6, 6.07) is 11.9. The summed E-state index contributed by atoms with van der Waals surface area (Å²) >= 11 is 0. The van der Waals surface area contributed by atoms with E-state index in [2.05, 4.69) is 43.2 Å². The highest BCUT2D eigenvalue weighted by Gasteiger charge is 2.35. The molecule has 1 N–H and O–H groups in total. The summed E-state index contributed by atoms with van der Waals surface area (Å²) in [6.07, 6.45) is 13.2. The van der Waals surface area contributed by atoms with E-state index in [1.54, 1.807) is 12.3 Å². The van der Waals surface area contributed by atoms with Crippen molar-refractivity contribution in [2.24, 2.45) is 0 Å². The second kappa shape index (κ2) is 11.6. The van der Waals surface area contributed by atoms with Gasteiger partial charge in [0.2, 0.25) is 5.91 Å². The SMILES string of the molecule is Cc1cc(Nc2ncnc3cc4c(nc23)N2CCN(C(=O)/C=C/[C@@H]3CCCN3C)[C@H](CO4)C2)ccc1Oc1ccn2ccnc2c1. The smallest absolute Gasteiger partial charge is 0.246 e. The highest BCUT2D eigenvalue weighted by molar-refractivity contribution is 5.91. The number of likely N-dealkylation sites (N-methyl/N-ethyl adjacent to an activating group) is 1. The van der Waals surface area contributed by atoms with Crippen LogP contribution in [-0.4, -0.2) is 92.0 Å². The summed E-state index contributed by atoms with van der Waals surface area (Å²) in [4.78, 5) is 38.1. The Balaban J connectivity index is 1.00. The first-order chi connectivity index (χ1) is 22.5. The first-order valence-electron chi connectivity index (χ1n) is 15.7. The van der Waals surface area contributed by atoms with Gasteiger partial charge >= 0.3 is 0 Å². The quantitative estimate of drug-likeness (QED) is 0.272. The predicted octanol–water partition coefficient (Wildman–Crippen LogP) is 4.58. The van der Waals surface area contributed by atoms with Crippen LogP contribution in [0.5, 0.6) is 17.2 Å². The maximum absolute atomic E-state index is 13.2. The summed E-state index contributed by atoms with van der Waals surface area (Å²) in [5.74, 6) is 3.53. The summed E-state index contributed by atoms with van der Waals surface area (Å²) in [7, 11) is 2.11. The summed E-state index contributed by atoms with van der Waals surface area (Å²) in [5, 5.41) is 3.43. The number of carbonyl (C=O) groups is 1. The van der Waals surface area contributed by atoms with Crippen molar-refractivity contribution in [3.8, 4) is 17.2 Å². The van der Waals surface area contributed by atoms with E-state index in [0.717, 1.165) is 47.2 Å². The Hall–Kier alpha value is -5.23. The molecule has 0 aliphatic carbocycles. The predicted molar refractivity (Wildman–Crippen MR) is 175 cm³/mol. The zero-order chi connectivity index (χ0) is 31.2. The molecule has 1 amide bonds. The fourth-order valence-corrected chi connectivity index (χ4v) is 6.58. The maximum atomic E-state index is 13.2. The molecule has 12 nitrogen and oxygen atoms in total. The van der Waals surface area contributed by atoms with Crippen LogP contribution in [0.4, 0.5) is 17.3 Å². The average Bonchev–Trinajstić information content (AvgIpc) is 3.68. The van der Waals surface area contributed by atoms with Crippen LogP contribution in [0.25, 0.3) is 16.7 Å². The number of amides is 1. The average molecular weight is 618 g/mol. The molecule has 12 heteroatoms. The van der Waals surface area contributed by atoms with E-state index < -0.39 is 0 Å². The minimum atomic E-state index is -0.0708. The molecule has 1 aromatic carbocycles. The van der Waals surface area contributed by atoms with E-state index >= 15 is 0 Å². The molecule has 8 rings (SSSR count). The summed E-state index contributed by atoms with van der Waals surface area (Å²) < 4.78 is 14.4. The fraction of sp³-hybridized carbons (Fsp3) is 0.324. The van der Waals surface area contributed by atoms with Gasteiger partial charge in [-0.1, -0.05) is 6.08 Å². The van der Waals surface area contributed by atoms with Crippen LogP contribution in [0.1, 0.15) is 18.4 Å². The molecule has 2 bridgehead atoms. The van der Waals surface area contributed by atoms with E-state index in [9.17, 15) is 4.79 Å². The van der Waals surface area contributed by atoms with Gasteiger partial charge < -0.3 is 29.0 Å². The molecule has 2 atom stereocenters. The van der Waals surface area contributed by atoms with E-state index in [1.165, 1.54) is 12.7 Å². The molecule has 2 fully saturated rings. The number of piperazine rings is 1. The molecule has 0 radical (unpaired) electrons. The number of rotatable bonds is 6. The van der Waals surface area contributed by atoms with Crippen molar-refractivity contribution in [2.75, 3.05) is 50.1 Å². The van der Waals surface area contributed by atoms with E-state index in [0.29, 0.717) is 54.9 Å². The minimum Gasteiger partial charge on any atom is -0.487 e. The van der Waals surface area contributed by atoms with Crippen LogP contribution in [-0.2, 0) is 4.79 Å². The molecule has 3 aliphatic rings. The second-order valence-corrected chi connectivity index (χ2v) is 12.2. The zero-order valence-corrected chi connectivity index (χ0v) is 25.8. The topological polar surface area (TPSA) is 113 Å². The van der Waals surface area contributed by atoms with Crippen LogP contribution in [0.3, 0.4) is 0 Å². The lowest BCUT2D eigenvalue weighted by atomic mass is 10.1. The van der Waals surface area contributed by atoms with Crippen molar-refractivity contribution in [3.63, 3.8) is 0 Å². The minimum absolute atomic E-state index is 0.0424. The third kappa shape index (κ3) is 5.34. The molecule has 0 spiro atoms. The molecular weight excluding hydrogens is 582 g/mol. The fourth-order valence-electron chi connectivity index (χ4n) is 6.58. The third-order valence-corrected chi connectivity index (χ3v) is 9.13. The van der Waals surface area contributed by atoms with Gasteiger partial charge in [-0.15, -0.1) is 0 Å². The standard InChI is InChI=1S/C34H35N9O3/c1-22-16-23(5-7-28(22)46-26-9-12-41-13-10-35-30(41)17-26)38-33-32-27(36-21-37-33)18-29-34(39-32)42-14-15-43(25(19-42)20-45-29)31(44)8-6-24-4-3-11-40(24)2/h5-10,12-13,16-18,21,24-25H,3-4,11,14-15,19-20H2,1-2H3,(H,36,37,38)/b8-6+/t24-,25-/m0/s1. The number of likely N-dealkylation sites (tertiary alicyclic amines) is 1. The number of hydrogen-bond acceptors (Lipinski definition) is 10. The molecule has 5 aromatic rings. The number of carbonyl (C=O) groups excluding carboxylic acids is 1. The Bertz CT molecular complexity index is 1970. The van der Waals surface area contributed by atoms with Gasteiger partial charge in [-0.25, -0.2) is 19.9 Å². The molecule has 234 valence electrons. The lowest BCUT2D eigenvalue weighted by Gasteiger charge is -2.39. The first-order valence-corrected chi connectivity index (χ1v) is 15.7. The van der Waals surface area contributed by atoms with Gasteiger partial charge in [0.15, 0.2) is 17.4 Å². The summed E-state index contributed by atoms with van der Waals surface area (Å²) in [5.41, 5.74) is 3.97. The van der Waals surface area contributed by atoms with Gasteiger partial charge in [-0.2, -0.15) is 0 Å². The van der Waals surface area contributed by atoms with Crippen LogP contribution in [0.15, 0.2) is 73.5 Å². The Morgan fingerprint density at radius 3 is 2.89 bits per heavy atom. The number of nitrogens with zero attached hydrogens (tertiary/aromatic N) is 8. The van der Waals surface area contributed by atoms with Crippen molar-refractivity contribution >= 4 is 39.9 Å². The van der Waals surface area contributed by atoms with Gasteiger partial charge in [0.1, 0.15) is 35.6 Å². The maximum Gasteiger partial charge on any atom is 0.246 e. The number of hydrogen-bond donors (Lipinski definition) is 1. The number of ether oxygens (including phenoxy) is 2. The monoisotopic (exact) mass is 617 g/mol. The number of fused-ring (bicyclic) bond motifs is 6. The number of pyridine rings is 2. The van der Waals surface area contributed by atoms with Crippen molar-refractivity contribution in [1.82, 2.24) is 34.1 Å². The number of anilines is 3. The highest BCUT2D eigenvalue weighted by atomic mass is 16.5. The lowest BCUT2D eigenvalue weighted by molar-refractivity contribution is -0.129. The van der Waals surface area contributed by atoms with E-state index in [-0.39, 0.29) is 11.9 Å². The zero-order valence-electron chi connectivity index (χ0n) is 25.8. The number of nitrogens with one attached hydrogen (secondary N) is 1. The van der Waals surface area contributed by atoms with Crippen LogP contribution >= 0.6 is 0 Å². The highest BCUT2D eigenvalue weighted by Crippen LogP contribution is 2.36. The Morgan fingerprint density at radius 2 is 2.02 bits per heavy atom. The van der Waals surface area contributed by atoms with Crippen LogP contribution < -0.4 is 19.7 Å². The number of aromatic nitrogens is 5. The van der Waals surface area contributed by atoms with E-state index in [4.69, 9.17) is 14.5 Å². The van der Waals surface area contributed by atoms with E-state index in [1.807, 2.05) is 65.0 Å². The molecule has 4 aromatic heterocycles. The molecule has 0 unspecified atom stereocenters. The van der Waals surface area contributed by atoms with Gasteiger partial charge in [-0.3, -0.25) is 9.69 Å². The van der Waals surface area contributed by atoms with Gasteiger partial charge in [0, 0.05) is 68.2 Å². The normalized spacial score (nSPS) is 19.8. The third-order valence-electron chi connectivity index (χ3n) is 9.13. The molecular formula is C34H35N9O3. The number of benzene rings is 1. The second-order valence-electron chi connectivity index (χ2n) is 12.2. The molecule has 7 heterocycles. The van der Waals surface area contributed by atoms with Gasteiger partial charge in [0.25, 0.3) is 0 Å². The number of aryl methyl sites for hydroxylation is 1. The number of imidazole rings is 1. The van der Waals surface area contributed by atoms with Crippen molar-refractivity contribution in [1.29, 1.82) is 0 Å². The van der Waals surface area contributed by atoms with Crippen LogP contribution in [0, 0.1) is 6.92 Å². The largest absolute Gasteiger partial charge is 0.487 e. The van der Waals surface area contributed by atoms with Gasteiger partial charge in [-0.05, 0) is 63.2 Å². The Kier molecular flexibility index (Phi) is 7.13. The molecule has 2 saturated heterocycles. The summed E-state index contributed by atoms with van der Waals surface area (Å²) in [6.45, 7) is 5.41. The molecule has 0 saturated carbocycles. The molecule has 3 aliphatic heterocycles. The Labute approximate surface area is 266 Å². The van der Waals surface area contributed by atoms with Crippen molar-refractivity contribution < 1.29 is 14.3 Å². The van der Waals surface area contributed by atoms with Crippen molar-refractivity contribution in [2.45, 2.75) is 31.8 Å². The first kappa shape index (κ1) is 28.3. The van der Waals surface area contributed by atoms with Crippen LogP contribution in [0.2, 0.25) is 0 Å². The Morgan fingerprint density at radius 1 is 1.09 bits per heavy atom. The molecule has 46 heavy (non-hydrogen) atoms. The van der Waals surface area contributed by atoms with Gasteiger partial charge in [0.05, 0.1) is 11.6 Å². The lowest BCUT2D eigenvalue weighted by Crippen LogP contribution is -2.56. The van der Waals surface area contributed by atoms with Crippen molar-refractivity contribution in [3.05, 3.63) is 79.0 Å².